The lowest BCUT2D eigenvalue weighted by atomic mass is 9.79. The van der Waals surface area contributed by atoms with E-state index in [1.165, 1.54) is 45.4 Å². The quantitative estimate of drug-likeness (QED) is 0.568. The Morgan fingerprint density at radius 3 is 2.50 bits per heavy atom. The molecule has 0 radical (unpaired) electrons. The molecular formula is C10H18N2. The standard InChI is InChI=1S/C10H18N2/c1-11-6-10(7-11)4-5-12(8-10)9-2-3-9/h9H,2-8H2,1H3. The molecule has 0 unspecified atom stereocenters. The van der Waals surface area contributed by atoms with Gasteiger partial charge in [-0.3, -0.25) is 4.90 Å². The van der Waals surface area contributed by atoms with Crippen LogP contribution in [-0.2, 0) is 0 Å². The lowest BCUT2D eigenvalue weighted by Gasteiger charge is -2.46. The Morgan fingerprint density at radius 1 is 1.17 bits per heavy atom. The highest BCUT2D eigenvalue weighted by Gasteiger charge is 2.48. The van der Waals surface area contributed by atoms with E-state index < -0.39 is 0 Å². The number of hydrogen-bond donors (Lipinski definition) is 0. The Morgan fingerprint density at radius 2 is 1.92 bits per heavy atom. The zero-order valence-electron chi connectivity index (χ0n) is 7.92. The van der Waals surface area contributed by atoms with Gasteiger partial charge in [0.25, 0.3) is 0 Å². The summed E-state index contributed by atoms with van der Waals surface area (Å²) in [6, 6.07) is 0.996. The van der Waals surface area contributed by atoms with Crippen LogP contribution in [0.3, 0.4) is 0 Å². The molecule has 0 aromatic heterocycles. The highest BCUT2D eigenvalue weighted by Crippen LogP contribution is 2.42. The van der Waals surface area contributed by atoms with Gasteiger partial charge in [0.1, 0.15) is 0 Å². The molecule has 0 bridgehead atoms. The Bertz CT molecular complexity index is 192. The molecule has 0 N–H and O–H groups in total. The van der Waals surface area contributed by atoms with E-state index in [0.29, 0.717) is 0 Å². The lowest BCUT2D eigenvalue weighted by molar-refractivity contribution is 0.0301. The summed E-state index contributed by atoms with van der Waals surface area (Å²) < 4.78 is 0. The maximum atomic E-state index is 2.73. The van der Waals surface area contributed by atoms with Crippen LogP contribution in [-0.4, -0.2) is 49.1 Å². The Kier molecular flexibility index (Phi) is 1.37. The predicted molar refractivity (Wildman–Crippen MR) is 49.1 cm³/mol. The van der Waals surface area contributed by atoms with Gasteiger partial charge in [0.15, 0.2) is 0 Å². The lowest BCUT2D eigenvalue weighted by Crippen LogP contribution is -2.55. The molecule has 12 heavy (non-hydrogen) atoms. The van der Waals surface area contributed by atoms with Gasteiger partial charge < -0.3 is 4.90 Å². The normalized spacial score (nSPS) is 35.8. The fourth-order valence-corrected chi connectivity index (χ4v) is 3.08. The number of nitrogens with zero attached hydrogens (tertiary/aromatic N) is 2. The SMILES string of the molecule is CN1CC2(CCN(C3CC3)C2)C1. The minimum absolute atomic E-state index is 0.733. The summed E-state index contributed by atoms with van der Waals surface area (Å²) in [7, 11) is 2.24. The molecule has 0 amide bonds. The van der Waals surface area contributed by atoms with E-state index in [2.05, 4.69) is 16.8 Å². The molecule has 3 aliphatic rings. The minimum Gasteiger partial charge on any atom is -0.305 e. The molecule has 0 atom stereocenters. The molecule has 3 rings (SSSR count). The van der Waals surface area contributed by atoms with E-state index in [1.807, 2.05) is 0 Å². The average molecular weight is 166 g/mol. The third kappa shape index (κ3) is 1.01. The first-order chi connectivity index (χ1) is 5.77. The van der Waals surface area contributed by atoms with Crippen LogP contribution < -0.4 is 0 Å². The van der Waals surface area contributed by atoms with E-state index in [-0.39, 0.29) is 0 Å². The molecule has 3 fully saturated rings. The highest BCUT2D eigenvalue weighted by atomic mass is 15.3. The summed E-state index contributed by atoms with van der Waals surface area (Å²) >= 11 is 0. The number of rotatable bonds is 1. The van der Waals surface area contributed by atoms with Gasteiger partial charge in [0, 0.05) is 31.1 Å². The molecule has 2 saturated heterocycles. The second-order valence-electron chi connectivity index (χ2n) is 5.12. The van der Waals surface area contributed by atoms with Gasteiger partial charge in [0.2, 0.25) is 0 Å². The summed E-state index contributed by atoms with van der Waals surface area (Å²) in [4.78, 5) is 5.18. The molecule has 2 heteroatoms. The fraction of sp³-hybridized carbons (Fsp3) is 1.00. The number of hydrogen-bond acceptors (Lipinski definition) is 2. The van der Waals surface area contributed by atoms with Gasteiger partial charge in [-0.2, -0.15) is 0 Å². The highest BCUT2D eigenvalue weighted by molar-refractivity contribution is 5.03. The molecule has 2 aliphatic heterocycles. The number of likely N-dealkylation sites (tertiary alicyclic amines) is 2. The molecule has 1 spiro atoms. The predicted octanol–water partition coefficient (Wildman–Crippen LogP) is 0.786. The smallest absolute Gasteiger partial charge is 0.00968 e. The third-order valence-electron chi connectivity index (χ3n) is 3.74. The monoisotopic (exact) mass is 166 g/mol. The van der Waals surface area contributed by atoms with Crippen molar-refractivity contribution in [2.45, 2.75) is 25.3 Å². The zero-order valence-corrected chi connectivity index (χ0v) is 7.92. The van der Waals surface area contributed by atoms with Crippen molar-refractivity contribution in [1.82, 2.24) is 9.80 Å². The van der Waals surface area contributed by atoms with E-state index in [4.69, 9.17) is 0 Å². The topological polar surface area (TPSA) is 6.48 Å². The molecule has 1 aliphatic carbocycles. The van der Waals surface area contributed by atoms with Crippen molar-refractivity contribution in [2.24, 2.45) is 5.41 Å². The first-order valence-corrected chi connectivity index (χ1v) is 5.20. The second-order valence-corrected chi connectivity index (χ2v) is 5.12. The fourth-order valence-electron chi connectivity index (χ4n) is 3.08. The van der Waals surface area contributed by atoms with Crippen molar-refractivity contribution in [2.75, 3.05) is 33.2 Å². The van der Waals surface area contributed by atoms with Crippen molar-refractivity contribution in [1.29, 1.82) is 0 Å². The molecule has 2 heterocycles. The molecule has 68 valence electrons. The summed E-state index contributed by atoms with van der Waals surface area (Å²) in [5.74, 6) is 0. The van der Waals surface area contributed by atoms with Crippen LogP contribution in [0.5, 0.6) is 0 Å². The molecule has 0 aromatic rings. The maximum Gasteiger partial charge on any atom is 0.00968 e. The Balaban J connectivity index is 1.63. The van der Waals surface area contributed by atoms with Gasteiger partial charge in [0.05, 0.1) is 0 Å². The van der Waals surface area contributed by atoms with Crippen LogP contribution in [0, 0.1) is 5.41 Å². The largest absolute Gasteiger partial charge is 0.305 e. The van der Waals surface area contributed by atoms with Crippen molar-refractivity contribution < 1.29 is 0 Å². The second kappa shape index (κ2) is 2.24. The van der Waals surface area contributed by atoms with Crippen molar-refractivity contribution >= 4 is 0 Å². The van der Waals surface area contributed by atoms with E-state index in [0.717, 1.165) is 11.5 Å². The summed E-state index contributed by atoms with van der Waals surface area (Å²) in [5, 5.41) is 0. The van der Waals surface area contributed by atoms with Gasteiger partial charge in [-0.15, -0.1) is 0 Å². The maximum absolute atomic E-state index is 2.73. The van der Waals surface area contributed by atoms with Crippen LogP contribution in [0.1, 0.15) is 19.3 Å². The van der Waals surface area contributed by atoms with Gasteiger partial charge in [-0.25, -0.2) is 0 Å². The van der Waals surface area contributed by atoms with Crippen LogP contribution >= 0.6 is 0 Å². The van der Waals surface area contributed by atoms with Crippen LogP contribution in [0.2, 0.25) is 0 Å². The van der Waals surface area contributed by atoms with E-state index in [1.54, 1.807) is 0 Å². The van der Waals surface area contributed by atoms with Gasteiger partial charge in [-0.05, 0) is 32.9 Å². The Labute approximate surface area is 74.5 Å². The first-order valence-electron chi connectivity index (χ1n) is 5.20. The van der Waals surface area contributed by atoms with E-state index in [9.17, 15) is 0 Å². The van der Waals surface area contributed by atoms with Crippen LogP contribution in [0.4, 0.5) is 0 Å². The molecule has 1 saturated carbocycles. The van der Waals surface area contributed by atoms with Crippen LogP contribution in [0.25, 0.3) is 0 Å². The van der Waals surface area contributed by atoms with E-state index >= 15 is 0 Å². The van der Waals surface area contributed by atoms with Crippen LogP contribution in [0.15, 0.2) is 0 Å². The van der Waals surface area contributed by atoms with Crippen molar-refractivity contribution in [3.63, 3.8) is 0 Å². The zero-order chi connectivity index (χ0) is 8.18. The Hall–Kier alpha value is -0.0800. The molecule has 2 nitrogen and oxygen atoms in total. The van der Waals surface area contributed by atoms with Crippen molar-refractivity contribution in [3.05, 3.63) is 0 Å². The third-order valence-corrected chi connectivity index (χ3v) is 3.74. The van der Waals surface area contributed by atoms with Gasteiger partial charge in [-0.1, -0.05) is 0 Å². The first kappa shape index (κ1) is 7.34. The average Bonchev–Trinajstić information content (AvgIpc) is 2.73. The summed E-state index contributed by atoms with van der Waals surface area (Å²) in [5.41, 5.74) is 0.733. The molecular weight excluding hydrogens is 148 g/mol. The summed E-state index contributed by atoms with van der Waals surface area (Å²) in [6.07, 6.45) is 4.42. The minimum atomic E-state index is 0.733. The van der Waals surface area contributed by atoms with Crippen molar-refractivity contribution in [3.8, 4) is 0 Å². The summed E-state index contributed by atoms with van der Waals surface area (Å²) in [6.45, 7) is 5.51. The van der Waals surface area contributed by atoms with Gasteiger partial charge >= 0.3 is 0 Å². The molecule has 0 aromatic carbocycles.